The molecule has 0 saturated heterocycles. The van der Waals surface area contributed by atoms with Gasteiger partial charge in [0.1, 0.15) is 0 Å². The third-order valence-corrected chi connectivity index (χ3v) is 4.09. The summed E-state index contributed by atoms with van der Waals surface area (Å²) in [7, 11) is 0. The van der Waals surface area contributed by atoms with Gasteiger partial charge < -0.3 is 10.1 Å². The lowest BCUT2D eigenvalue weighted by molar-refractivity contribution is -0.384. The molecule has 2 rings (SSSR count). The van der Waals surface area contributed by atoms with Gasteiger partial charge in [-0.3, -0.25) is 10.1 Å². The first-order chi connectivity index (χ1) is 9.36. The Morgan fingerprint density at radius 2 is 2.35 bits per heavy atom. The number of halogens is 1. The predicted octanol–water partition coefficient (Wildman–Crippen LogP) is 3.26. The van der Waals surface area contributed by atoms with Crippen LogP contribution in [-0.4, -0.2) is 28.7 Å². The molecule has 2 atom stereocenters. The van der Waals surface area contributed by atoms with Gasteiger partial charge in [0.25, 0.3) is 0 Å². The summed E-state index contributed by atoms with van der Waals surface area (Å²) in [5, 5.41) is 14.4. The first kappa shape index (κ1) is 15.0. The smallest absolute Gasteiger partial charge is 0.312 e. The minimum Gasteiger partial charge on any atom is -0.378 e. The predicted molar refractivity (Wildman–Crippen MR) is 77.1 cm³/mol. The van der Waals surface area contributed by atoms with Crippen LogP contribution in [0, 0.1) is 15.5 Å². The van der Waals surface area contributed by atoms with Crippen molar-refractivity contribution in [2.24, 2.45) is 5.41 Å². The molecule has 1 aromatic rings. The Labute approximate surface area is 122 Å². The summed E-state index contributed by atoms with van der Waals surface area (Å²) in [4.78, 5) is 14.6. The Morgan fingerprint density at radius 1 is 1.65 bits per heavy atom. The summed E-state index contributed by atoms with van der Waals surface area (Å²) in [6, 6.07) is 1.40. The number of nitro groups is 1. The molecule has 1 heterocycles. The van der Waals surface area contributed by atoms with Gasteiger partial charge in [0.05, 0.1) is 16.0 Å². The molecule has 0 amide bonds. The second kappa shape index (κ2) is 5.54. The molecule has 0 spiro atoms. The Balaban J connectivity index is 2.14. The lowest BCUT2D eigenvalue weighted by atomic mass is 9.64. The third-order valence-electron chi connectivity index (χ3n) is 3.89. The van der Waals surface area contributed by atoms with E-state index in [2.05, 4.69) is 24.1 Å². The Bertz CT molecular complexity index is 522. The van der Waals surface area contributed by atoms with Crippen LogP contribution >= 0.6 is 11.6 Å². The zero-order valence-corrected chi connectivity index (χ0v) is 12.5. The van der Waals surface area contributed by atoms with E-state index in [4.69, 9.17) is 16.3 Å². The fourth-order valence-electron chi connectivity index (χ4n) is 2.46. The largest absolute Gasteiger partial charge is 0.378 e. The molecule has 110 valence electrons. The molecular weight excluding hydrogens is 282 g/mol. The molecule has 1 aromatic heterocycles. The molecule has 0 aromatic carbocycles. The maximum absolute atomic E-state index is 11.0. The van der Waals surface area contributed by atoms with Crippen molar-refractivity contribution in [3.63, 3.8) is 0 Å². The number of ether oxygens (including phenoxy) is 1. The molecule has 1 aliphatic carbocycles. The highest BCUT2D eigenvalue weighted by molar-refractivity contribution is 6.30. The van der Waals surface area contributed by atoms with E-state index in [0.717, 1.165) is 6.42 Å². The topological polar surface area (TPSA) is 77.3 Å². The van der Waals surface area contributed by atoms with Gasteiger partial charge in [0.2, 0.25) is 5.82 Å². The van der Waals surface area contributed by atoms with E-state index in [9.17, 15) is 10.1 Å². The molecule has 0 radical (unpaired) electrons. The molecule has 1 N–H and O–H groups in total. The number of hydrogen-bond acceptors (Lipinski definition) is 5. The number of anilines is 1. The second-order valence-corrected chi connectivity index (χ2v) is 5.91. The van der Waals surface area contributed by atoms with Gasteiger partial charge in [-0.25, -0.2) is 4.98 Å². The fraction of sp³-hybridized carbons (Fsp3) is 0.615. The number of nitrogens with one attached hydrogen (secondary N) is 1. The molecule has 0 bridgehead atoms. The summed E-state index contributed by atoms with van der Waals surface area (Å²) in [6.45, 7) is 6.79. The highest BCUT2D eigenvalue weighted by Crippen LogP contribution is 2.45. The van der Waals surface area contributed by atoms with Gasteiger partial charge >= 0.3 is 5.69 Å². The van der Waals surface area contributed by atoms with E-state index < -0.39 is 4.92 Å². The van der Waals surface area contributed by atoms with Gasteiger partial charge in [-0.15, -0.1) is 0 Å². The number of nitrogens with zero attached hydrogens (tertiary/aromatic N) is 2. The number of hydrogen-bond donors (Lipinski definition) is 1. The molecule has 1 aliphatic rings. The molecular formula is C13H18ClN3O3. The Morgan fingerprint density at radius 3 is 2.90 bits per heavy atom. The first-order valence-electron chi connectivity index (χ1n) is 6.54. The quantitative estimate of drug-likeness (QED) is 0.667. The van der Waals surface area contributed by atoms with Gasteiger partial charge in [0, 0.05) is 30.3 Å². The highest BCUT2D eigenvalue weighted by Gasteiger charge is 2.49. The van der Waals surface area contributed by atoms with E-state index in [0.29, 0.717) is 6.61 Å². The fourth-order valence-corrected chi connectivity index (χ4v) is 2.61. The summed E-state index contributed by atoms with van der Waals surface area (Å²) < 4.78 is 5.64. The van der Waals surface area contributed by atoms with Crippen molar-refractivity contribution in [2.75, 3.05) is 11.9 Å². The molecule has 6 nitrogen and oxygen atoms in total. The van der Waals surface area contributed by atoms with E-state index in [1.165, 1.54) is 12.3 Å². The normalized spacial score (nSPS) is 24.0. The van der Waals surface area contributed by atoms with Crippen LogP contribution in [0.2, 0.25) is 5.02 Å². The van der Waals surface area contributed by atoms with Crippen LogP contribution in [0.3, 0.4) is 0 Å². The van der Waals surface area contributed by atoms with Crippen LogP contribution < -0.4 is 5.32 Å². The first-order valence-corrected chi connectivity index (χ1v) is 6.92. The van der Waals surface area contributed by atoms with Gasteiger partial charge in [-0.1, -0.05) is 25.4 Å². The van der Waals surface area contributed by atoms with Gasteiger partial charge in [-0.2, -0.15) is 0 Å². The average Bonchev–Trinajstić information content (AvgIpc) is 2.39. The number of aromatic nitrogens is 1. The molecule has 2 unspecified atom stereocenters. The van der Waals surface area contributed by atoms with Gasteiger partial charge in [0.15, 0.2) is 0 Å². The SMILES string of the molecule is CCOC1CC(Nc2ncc(Cl)cc2[N+](=O)[O-])C1(C)C. The average molecular weight is 300 g/mol. The van der Waals surface area contributed by atoms with E-state index >= 15 is 0 Å². The third kappa shape index (κ3) is 2.71. The maximum Gasteiger partial charge on any atom is 0.312 e. The zero-order chi connectivity index (χ0) is 14.9. The van der Waals surface area contributed by atoms with E-state index in [1.54, 1.807) is 0 Å². The van der Waals surface area contributed by atoms with Crippen LogP contribution in [0.1, 0.15) is 27.2 Å². The van der Waals surface area contributed by atoms with Crippen molar-refractivity contribution in [1.29, 1.82) is 0 Å². The maximum atomic E-state index is 11.0. The molecule has 1 fully saturated rings. The lowest BCUT2D eigenvalue weighted by Crippen LogP contribution is -2.58. The summed E-state index contributed by atoms with van der Waals surface area (Å²) in [5.41, 5.74) is -0.196. The molecule has 7 heteroatoms. The van der Waals surface area contributed by atoms with Crippen LogP contribution in [0.25, 0.3) is 0 Å². The van der Waals surface area contributed by atoms with Crippen molar-refractivity contribution < 1.29 is 9.66 Å². The highest BCUT2D eigenvalue weighted by atomic mass is 35.5. The summed E-state index contributed by atoms with van der Waals surface area (Å²) >= 11 is 5.75. The minimum atomic E-state index is -0.479. The summed E-state index contributed by atoms with van der Waals surface area (Å²) in [6.07, 6.45) is 2.38. The monoisotopic (exact) mass is 299 g/mol. The van der Waals surface area contributed by atoms with Crippen molar-refractivity contribution in [2.45, 2.75) is 39.3 Å². The lowest BCUT2D eigenvalue weighted by Gasteiger charge is -2.51. The number of rotatable bonds is 5. The van der Waals surface area contributed by atoms with Crippen molar-refractivity contribution in [3.05, 3.63) is 27.4 Å². The van der Waals surface area contributed by atoms with E-state index in [1.807, 2.05) is 6.92 Å². The zero-order valence-electron chi connectivity index (χ0n) is 11.7. The standard InChI is InChI=1S/C13H18ClN3O3/c1-4-20-11-6-10(13(11,2)3)16-12-9(17(18)19)5-8(14)7-15-12/h5,7,10-11H,4,6H2,1-3H3,(H,15,16). The van der Waals surface area contributed by atoms with Crippen LogP contribution in [0.5, 0.6) is 0 Å². The Hall–Kier alpha value is -1.40. The molecule has 20 heavy (non-hydrogen) atoms. The molecule has 0 aliphatic heterocycles. The van der Waals surface area contributed by atoms with Gasteiger partial charge in [-0.05, 0) is 13.3 Å². The van der Waals surface area contributed by atoms with Crippen LogP contribution in [-0.2, 0) is 4.74 Å². The second-order valence-electron chi connectivity index (χ2n) is 5.48. The molecule has 1 saturated carbocycles. The minimum absolute atomic E-state index is 0.0893. The summed E-state index contributed by atoms with van der Waals surface area (Å²) in [5.74, 6) is 0.257. The van der Waals surface area contributed by atoms with Crippen LogP contribution in [0.4, 0.5) is 11.5 Å². The van der Waals surface area contributed by atoms with E-state index in [-0.39, 0.29) is 34.1 Å². The van der Waals surface area contributed by atoms with Crippen molar-refractivity contribution >= 4 is 23.1 Å². The van der Waals surface area contributed by atoms with Crippen molar-refractivity contribution in [1.82, 2.24) is 4.98 Å². The van der Waals surface area contributed by atoms with Crippen LogP contribution in [0.15, 0.2) is 12.3 Å². The number of pyridine rings is 1. The van der Waals surface area contributed by atoms with Crippen molar-refractivity contribution in [3.8, 4) is 0 Å². The Kier molecular flexibility index (Phi) is 4.15.